The number of pyridine rings is 1. The summed E-state index contributed by atoms with van der Waals surface area (Å²) in [7, 11) is 2.11. The lowest BCUT2D eigenvalue weighted by Crippen LogP contribution is -2.24. The van der Waals surface area contributed by atoms with Gasteiger partial charge >= 0.3 is 0 Å². The summed E-state index contributed by atoms with van der Waals surface area (Å²) < 4.78 is 0. The van der Waals surface area contributed by atoms with Crippen molar-refractivity contribution in [1.82, 2.24) is 4.98 Å². The van der Waals surface area contributed by atoms with Crippen LogP contribution in [0.15, 0.2) is 103 Å². The number of carbonyl (C=O) groups excluding carboxylic acids is 1. The molecule has 0 fully saturated rings. The van der Waals surface area contributed by atoms with E-state index in [0.29, 0.717) is 5.02 Å². The van der Waals surface area contributed by atoms with Gasteiger partial charge in [-0.3, -0.25) is 4.79 Å². The number of anilines is 2. The van der Waals surface area contributed by atoms with Crippen molar-refractivity contribution in [3.63, 3.8) is 0 Å². The summed E-state index contributed by atoms with van der Waals surface area (Å²) in [4.78, 5) is 19.8. The van der Waals surface area contributed by atoms with Crippen LogP contribution in [0.5, 0.6) is 0 Å². The molecule has 0 saturated heterocycles. The van der Waals surface area contributed by atoms with Crippen LogP contribution >= 0.6 is 11.6 Å². The van der Waals surface area contributed by atoms with Gasteiger partial charge in [0.15, 0.2) is 0 Å². The normalized spacial score (nSPS) is 12.5. The monoisotopic (exact) mass is 515 g/mol. The van der Waals surface area contributed by atoms with E-state index in [-0.39, 0.29) is 11.9 Å². The van der Waals surface area contributed by atoms with Crippen molar-refractivity contribution < 1.29 is 4.79 Å². The SMILES string of the molecule is Cc1cc(N(C)C2c3ccccc3-c3ccccc32)nc2ccc(NC(=O)/C=C/c3ccccc3Cl)cc12. The fourth-order valence-corrected chi connectivity index (χ4v) is 5.47. The number of aromatic nitrogens is 1. The Kier molecular flexibility index (Phi) is 6.18. The zero-order valence-corrected chi connectivity index (χ0v) is 21.9. The number of amides is 1. The summed E-state index contributed by atoms with van der Waals surface area (Å²) in [6.07, 6.45) is 3.21. The molecular formula is C33H26ClN3O. The maximum Gasteiger partial charge on any atom is 0.248 e. The average molecular weight is 516 g/mol. The molecule has 0 spiro atoms. The van der Waals surface area contributed by atoms with Crippen LogP contribution in [0, 0.1) is 6.92 Å². The maximum absolute atomic E-state index is 12.5. The molecule has 0 aliphatic heterocycles. The highest BCUT2D eigenvalue weighted by molar-refractivity contribution is 6.32. The number of benzene rings is 4. The molecule has 186 valence electrons. The molecule has 0 saturated carbocycles. The first-order valence-corrected chi connectivity index (χ1v) is 12.9. The smallest absolute Gasteiger partial charge is 0.248 e. The molecule has 5 aromatic rings. The summed E-state index contributed by atoms with van der Waals surface area (Å²) in [6.45, 7) is 2.08. The van der Waals surface area contributed by atoms with Gasteiger partial charge in [-0.15, -0.1) is 0 Å². The lowest BCUT2D eigenvalue weighted by atomic mass is 10.0. The van der Waals surface area contributed by atoms with E-state index in [1.807, 2.05) is 36.4 Å². The third kappa shape index (κ3) is 4.33. The Morgan fingerprint density at radius 3 is 2.26 bits per heavy atom. The van der Waals surface area contributed by atoms with Crippen LogP contribution in [-0.4, -0.2) is 17.9 Å². The number of nitrogens with one attached hydrogen (secondary N) is 1. The minimum absolute atomic E-state index is 0.0928. The van der Waals surface area contributed by atoms with Crippen LogP contribution in [0.4, 0.5) is 11.5 Å². The first kappa shape index (κ1) is 24.0. The van der Waals surface area contributed by atoms with E-state index in [1.54, 1.807) is 12.1 Å². The number of hydrogen-bond acceptors (Lipinski definition) is 3. The van der Waals surface area contributed by atoms with E-state index in [4.69, 9.17) is 16.6 Å². The molecule has 1 amide bonds. The zero-order chi connectivity index (χ0) is 26.2. The number of aryl methyl sites for hydroxylation is 1. The van der Waals surface area contributed by atoms with Crippen LogP contribution in [-0.2, 0) is 4.79 Å². The summed E-state index contributed by atoms with van der Waals surface area (Å²) >= 11 is 6.18. The van der Waals surface area contributed by atoms with Crippen molar-refractivity contribution >= 4 is 46.0 Å². The van der Waals surface area contributed by atoms with Crippen molar-refractivity contribution in [3.05, 3.63) is 130 Å². The third-order valence-corrected chi connectivity index (χ3v) is 7.48. The third-order valence-electron chi connectivity index (χ3n) is 7.14. The van der Waals surface area contributed by atoms with Gasteiger partial charge in [-0.25, -0.2) is 4.98 Å². The minimum Gasteiger partial charge on any atom is -0.348 e. The Labute approximate surface area is 227 Å². The minimum atomic E-state index is -0.218. The highest BCUT2D eigenvalue weighted by Gasteiger charge is 2.31. The Morgan fingerprint density at radius 2 is 1.55 bits per heavy atom. The Balaban J connectivity index is 1.28. The molecule has 5 heteroatoms. The molecular weight excluding hydrogens is 490 g/mol. The predicted molar refractivity (Wildman–Crippen MR) is 158 cm³/mol. The van der Waals surface area contributed by atoms with Gasteiger partial charge in [0, 0.05) is 29.2 Å². The standard InChI is InChI=1S/C33H26ClN3O/c1-21-19-31(37(2)33-26-12-6-4-10-24(26)25-11-5-7-13-27(25)33)36-30-17-16-23(20-28(21)30)35-32(38)18-15-22-9-3-8-14-29(22)34/h3-20,33H,1-2H3,(H,35,38)/b18-15+. The molecule has 38 heavy (non-hydrogen) atoms. The first-order valence-electron chi connectivity index (χ1n) is 12.6. The number of rotatable bonds is 5. The van der Waals surface area contributed by atoms with E-state index >= 15 is 0 Å². The quantitative estimate of drug-likeness (QED) is 0.241. The van der Waals surface area contributed by atoms with Crippen LogP contribution in [0.25, 0.3) is 28.1 Å². The van der Waals surface area contributed by atoms with Gasteiger partial charge in [-0.1, -0.05) is 78.3 Å². The largest absolute Gasteiger partial charge is 0.348 e. The van der Waals surface area contributed by atoms with Crippen LogP contribution < -0.4 is 10.2 Å². The lowest BCUT2D eigenvalue weighted by molar-refractivity contribution is -0.111. The summed E-state index contributed by atoms with van der Waals surface area (Å²) in [5.41, 5.74) is 8.64. The summed E-state index contributed by atoms with van der Waals surface area (Å²) in [5, 5.41) is 4.56. The Hall–Kier alpha value is -4.41. The van der Waals surface area contributed by atoms with Crippen LogP contribution in [0.2, 0.25) is 5.02 Å². The number of halogens is 1. The molecule has 1 heterocycles. The molecule has 1 aliphatic carbocycles. The molecule has 0 radical (unpaired) electrons. The number of hydrogen-bond donors (Lipinski definition) is 1. The van der Waals surface area contributed by atoms with Gasteiger partial charge in [0.25, 0.3) is 0 Å². The van der Waals surface area contributed by atoms with Crippen molar-refractivity contribution in [1.29, 1.82) is 0 Å². The fraction of sp³-hybridized carbons (Fsp3) is 0.0909. The van der Waals surface area contributed by atoms with Gasteiger partial charge in [0.1, 0.15) is 5.82 Å². The van der Waals surface area contributed by atoms with Crippen LogP contribution in [0.1, 0.15) is 28.3 Å². The van der Waals surface area contributed by atoms with Crippen molar-refractivity contribution in [2.75, 3.05) is 17.3 Å². The molecule has 6 rings (SSSR count). The average Bonchev–Trinajstić information content (AvgIpc) is 3.27. The zero-order valence-electron chi connectivity index (χ0n) is 21.2. The number of carbonyl (C=O) groups is 1. The highest BCUT2D eigenvalue weighted by atomic mass is 35.5. The van der Waals surface area contributed by atoms with Gasteiger partial charge in [-0.05, 0) is 76.7 Å². The molecule has 0 bridgehead atoms. The summed E-state index contributed by atoms with van der Waals surface area (Å²) in [6, 6.07) is 32.7. The molecule has 1 aliphatic rings. The number of fused-ring (bicyclic) bond motifs is 4. The topological polar surface area (TPSA) is 45.2 Å². The first-order chi connectivity index (χ1) is 18.5. The molecule has 4 aromatic carbocycles. The van der Waals surface area contributed by atoms with Crippen molar-refractivity contribution in [3.8, 4) is 11.1 Å². The molecule has 1 aromatic heterocycles. The maximum atomic E-state index is 12.5. The Morgan fingerprint density at radius 1 is 0.895 bits per heavy atom. The van der Waals surface area contributed by atoms with Crippen LogP contribution in [0.3, 0.4) is 0 Å². The van der Waals surface area contributed by atoms with Gasteiger partial charge < -0.3 is 10.2 Å². The van der Waals surface area contributed by atoms with Gasteiger partial charge in [0.05, 0.1) is 11.6 Å². The second-order valence-electron chi connectivity index (χ2n) is 9.56. The predicted octanol–water partition coefficient (Wildman–Crippen LogP) is 8.05. The molecule has 4 nitrogen and oxygen atoms in total. The van der Waals surface area contributed by atoms with Gasteiger partial charge in [-0.2, -0.15) is 0 Å². The van der Waals surface area contributed by atoms with Gasteiger partial charge in [0.2, 0.25) is 5.91 Å². The number of nitrogens with zero attached hydrogens (tertiary/aromatic N) is 2. The van der Waals surface area contributed by atoms with E-state index in [9.17, 15) is 4.79 Å². The lowest BCUT2D eigenvalue weighted by Gasteiger charge is -2.28. The molecule has 0 unspecified atom stereocenters. The van der Waals surface area contributed by atoms with E-state index in [1.165, 1.54) is 28.3 Å². The van der Waals surface area contributed by atoms with E-state index in [0.717, 1.165) is 33.5 Å². The van der Waals surface area contributed by atoms with Crippen molar-refractivity contribution in [2.45, 2.75) is 13.0 Å². The van der Waals surface area contributed by atoms with E-state index < -0.39 is 0 Å². The molecule has 1 N–H and O–H groups in total. The van der Waals surface area contributed by atoms with E-state index in [2.05, 4.69) is 78.8 Å². The summed E-state index contributed by atoms with van der Waals surface area (Å²) in [5.74, 6) is 0.691. The second-order valence-corrected chi connectivity index (χ2v) is 9.97. The van der Waals surface area contributed by atoms with Crippen molar-refractivity contribution in [2.24, 2.45) is 0 Å². The molecule has 0 atom stereocenters. The second kappa shape index (κ2) is 9.81. The fourth-order valence-electron chi connectivity index (χ4n) is 5.27. The Bertz CT molecular complexity index is 1680. The highest BCUT2D eigenvalue weighted by Crippen LogP contribution is 2.46.